The van der Waals surface area contributed by atoms with Crippen molar-refractivity contribution in [1.29, 1.82) is 0 Å². The highest BCUT2D eigenvalue weighted by molar-refractivity contribution is 6.62. The fraction of sp³-hybridized carbons (Fsp3) is 0.455. The zero-order valence-electron chi connectivity index (χ0n) is 24.9. The number of hydrogen-bond donors (Lipinski definition) is 1. The number of hydrogen-bond acceptors (Lipinski definition) is 5. The third-order valence-corrected chi connectivity index (χ3v) is 9.25. The van der Waals surface area contributed by atoms with Crippen molar-refractivity contribution in [2.45, 2.75) is 90.2 Å². The lowest BCUT2D eigenvalue weighted by Gasteiger charge is -2.32. The van der Waals surface area contributed by atoms with Gasteiger partial charge in [0.25, 0.3) is 0 Å². The minimum atomic E-state index is -0.523. The number of aromatic nitrogens is 2. The van der Waals surface area contributed by atoms with Crippen LogP contribution >= 0.6 is 0 Å². The molecule has 7 rings (SSSR count). The van der Waals surface area contributed by atoms with Crippen LogP contribution in [0.4, 0.5) is 4.79 Å². The summed E-state index contributed by atoms with van der Waals surface area (Å²) in [5, 5.41) is 2.30. The Balaban J connectivity index is 1.14. The van der Waals surface area contributed by atoms with Crippen LogP contribution in [0.2, 0.25) is 0 Å². The molecular formula is C33H38BN3O4. The second-order valence-corrected chi connectivity index (χ2v) is 14.0. The number of nitrogens with one attached hydrogen (secondary N) is 1. The maximum absolute atomic E-state index is 13.0. The second-order valence-electron chi connectivity index (χ2n) is 14.0. The highest BCUT2D eigenvalue weighted by Gasteiger charge is 2.56. The first-order chi connectivity index (χ1) is 19.3. The summed E-state index contributed by atoms with van der Waals surface area (Å²) in [7, 11) is -0.377. The molecule has 3 atom stereocenters. The summed E-state index contributed by atoms with van der Waals surface area (Å²) >= 11 is 0. The first-order valence-electron chi connectivity index (χ1n) is 14.7. The summed E-state index contributed by atoms with van der Waals surface area (Å²) in [6.07, 6.45) is 1.74. The molecule has 0 unspecified atom stereocenters. The SMILES string of the molecule is CC(C)(C)OC(=O)N1[C@@H]2C[C@@H]2C[C@H]1c1nc2ccc(-c3ccc4cc(B5OC(C)(C)C(C)(C)O5)ccc4c3)cc2[nH]1. The van der Waals surface area contributed by atoms with Gasteiger partial charge in [0.15, 0.2) is 0 Å². The van der Waals surface area contributed by atoms with Gasteiger partial charge in [-0.25, -0.2) is 9.78 Å². The zero-order valence-corrected chi connectivity index (χ0v) is 24.9. The predicted octanol–water partition coefficient (Wildman–Crippen LogP) is 6.75. The van der Waals surface area contributed by atoms with Gasteiger partial charge in [-0.3, -0.25) is 4.90 Å². The molecule has 1 N–H and O–H groups in total. The number of benzene rings is 3. The van der Waals surface area contributed by atoms with E-state index in [-0.39, 0.29) is 36.5 Å². The summed E-state index contributed by atoms with van der Waals surface area (Å²) in [5.74, 6) is 1.38. The van der Waals surface area contributed by atoms with E-state index in [1.807, 2.05) is 25.7 Å². The van der Waals surface area contributed by atoms with Gasteiger partial charge < -0.3 is 19.0 Å². The Morgan fingerprint density at radius 3 is 2.34 bits per heavy atom. The van der Waals surface area contributed by atoms with Gasteiger partial charge >= 0.3 is 13.2 Å². The first kappa shape index (κ1) is 26.5. The number of rotatable bonds is 3. The van der Waals surface area contributed by atoms with Crippen molar-refractivity contribution in [3.8, 4) is 11.1 Å². The molecule has 2 aliphatic heterocycles. The van der Waals surface area contributed by atoms with E-state index in [0.29, 0.717) is 5.92 Å². The van der Waals surface area contributed by atoms with E-state index >= 15 is 0 Å². The Morgan fingerprint density at radius 2 is 1.61 bits per heavy atom. The number of imidazole rings is 1. The van der Waals surface area contributed by atoms with Gasteiger partial charge in [-0.2, -0.15) is 0 Å². The summed E-state index contributed by atoms with van der Waals surface area (Å²) < 4.78 is 18.3. The largest absolute Gasteiger partial charge is 0.494 e. The molecular weight excluding hydrogens is 513 g/mol. The molecule has 0 bridgehead atoms. The number of amides is 1. The van der Waals surface area contributed by atoms with Crippen molar-refractivity contribution in [2.75, 3.05) is 0 Å². The van der Waals surface area contributed by atoms with E-state index in [9.17, 15) is 4.79 Å². The quantitative estimate of drug-likeness (QED) is 0.285. The molecule has 1 amide bonds. The Labute approximate surface area is 241 Å². The van der Waals surface area contributed by atoms with Crippen LogP contribution in [0.15, 0.2) is 54.6 Å². The molecule has 1 aliphatic carbocycles. The first-order valence-corrected chi connectivity index (χ1v) is 14.7. The summed E-state index contributed by atoms with van der Waals surface area (Å²) in [6.45, 7) is 14.0. The van der Waals surface area contributed by atoms with Crippen LogP contribution in [-0.2, 0) is 14.0 Å². The normalized spacial score (nSPS) is 24.7. The Morgan fingerprint density at radius 1 is 0.951 bits per heavy atom. The van der Waals surface area contributed by atoms with Crippen molar-refractivity contribution in [1.82, 2.24) is 14.9 Å². The fourth-order valence-electron chi connectivity index (χ4n) is 6.21. The molecule has 41 heavy (non-hydrogen) atoms. The van der Waals surface area contributed by atoms with Crippen LogP contribution in [0.1, 0.15) is 73.2 Å². The Hall–Kier alpha value is -3.36. The van der Waals surface area contributed by atoms with Crippen LogP contribution in [0.25, 0.3) is 32.9 Å². The van der Waals surface area contributed by atoms with Gasteiger partial charge in [0, 0.05) is 6.04 Å². The van der Waals surface area contributed by atoms with Crippen molar-refractivity contribution >= 4 is 40.5 Å². The molecule has 3 aromatic carbocycles. The van der Waals surface area contributed by atoms with E-state index in [2.05, 4.69) is 87.3 Å². The van der Waals surface area contributed by atoms with Crippen LogP contribution < -0.4 is 5.46 Å². The molecule has 8 heteroatoms. The number of aromatic amines is 1. The van der Waals surface area contributed by atoms with Crippen molar-refractivity contribution in [2.24, 2.45) is 5.92 Å². The topological polar surface area (TPSA) is 76.7 Å². The summed E-state index contributed by atoms with van der Waals surface area (Å²) in [5.41, 5.74) is 3.89. The van der Waals surface area contributed by atoms with Crippen LogP contribution in [-0.4, -0.2) is 50.9 Å². The molecule has 0 radical (unpaired) electrons. The monoisotopic (exact) mass is 551 g/mol. The number of nitrogens with zero attached hydrogens (tertiary/aromatic N) is 2. The fourth-order valence-corrected chi connectivity index (χ4v) is 6.21. The van der Waals surface area contributed by atoms with Crippen molar-refractivity contribution in [3.05, 3.63) is 60.4 Å². The van der Waals surface area contributed by atoms with Gasteiger partial charge in [-0.05, 0) is 113 Å². The molecule has 212 valence electrons. The minimum absolute atomic E-state index is 0.0803. The average molecular weight is 551 g/mol. The maximum atomic E-state index is 13.0. The highest BCUT2D eigenvalue weighted by atomic mass is 16.7. The van der Waals surface area contributed by atoms with Crippen molar-refractivity contribution < 1.29 is 18.8 Å². The zero-order chi connectivity index (χ0) is 28.9. The van der Waals surface area contributed by atoms with Gasteiger partial charge in [0.05, 0.1) is 28.3 Å². The number of piperidine rings is 1. The molecule has 2 saturated heterocycles. The van der Waals surface area contributed by atoms with E-state index in [1.54, 1.807) is 0 Å². The molecule has 1 aromatic heterocycles. The molecule has 0 spiro atoms. The van der Waals surface area contributed by atoms with Gasteiger partial charge in [-0.15, -0.1) is 0 Å². The van der Waals surface area contributed by atoms with Crippen LogP contribution in [0.5, 0.6) is 0 Å². The lowest BCUT2D eigenvalue weighted by Crippen LogP contribution is -2.41. The molecule has 3 fully saturated rings. The van der Waals surface area contributed by atoms with E-state index < -0.39 is 5.60 Å². The second kappa shape index (κ2) is 8.82. The number of ether oxygens (including phenoxy) is 1. The molecule has 1 saturated carbocycles. The summed E-state index contributed by atoms with van der Waals surface area (Å²) in [4.78, 5) is 23.4. The number of carbonyl (C=O) groups is 1. The number of carbonyl (C=O) groups excluding carboxylic acids is 1. The molecule has 7 nitrogen and oxygen atoms in total. The van der Waals surface area contributed by atoms with E-state index in [4.69, 9.17) is 19.0 Å². The Bertz CT molecular complexity index is 1670. The average Bonchev–Trinajstić information content (AvgIpc) is 3.24. The lowest BCUT2D eigenvalue weighted by molar-refractivity contribution is 0.00578. The van der Waals surface area contributed by atoms with Crippen molar-refractivity contribution in [3.63, 3.8) is 0 Å². The lowest BCUT2D eigenvalue weighted by atomic mass is 9.78. The number of fused-ring (bicyclic) bond motifs is 3. The van der Waals surface area contributed by atoms with Gasteiger partial charge in [-0.1, -0.05) is 36.4 Å². The smallest absolute Gasteiger partial charge is 0.444 e. The number of likely N-dealkylation sites (tertiary alicyclic amines) is 1. The Kier molecular flexibility index (Phi) is 5.71. The van der Waals surface area contributed by atoms with E-state index in [0.717, 1.165) is 57.1 Å². The molecule has 4 aromatic rings. The highest BCUT2D eigenvalue weighted by Crippen LogP contribution is 2.53. The van der Waals surface area contributed by atoms with Gasteiger partial charge in [0.2, 0.25) is 0 Å². The van der Waals surface area contributed by atoms with E-state index in [1.165, 1.54) is 0 Å². The predicted molar refractivity (Wildman–Crippen MR) is 162 cm³/mol. The summed E-state index contributed by atoms with van der Waals surface area (Å²) in [6, 6.07) is 19.4. The molecule has 3 heterocycles. The minimum Gasteiger partial charge on any atom is -0.444 e. The molecule has 3 aliphatic rings. The number of H-pyrrole nitrogens is 1. The van der Waals surface area contributed by atoms with Crippen LogP contribution in [0.3, 0.4) is 0 Å². The van der Waals surface area contributed by atoms with Gasteiger partial charge in [0.1, 0.15) is 11.4 Å². The third kappa shape index (κ3) is 4.61. The third-order valence-electron chi connectivity index (χ3n) is 9.25. The standard InChI is InChI=1S/C33H38BN3O4/c1-31(2,3)39-30(38)37-27-17-23(27)18-28(37)29-35-25-13-11-22(16-26(25)36-29)19-8-9-21-15-24(12-10-20(21)14-19)34-40-32(4,5)33(6,7)41-34/h8-16,23,27-28H,17-18H2,1-7H3,(H,35,36)/t23-,27-,28+/m1/s1. The van der Waals surface area contributed by atoms with Crippen LogP contribution in [0, 0.1) is 5.92 Å². The maximum Gasteiger partial charge on any atom is 0.494 e.